The van der Waals surface area contributed by atoms with Crippen molar-refractivity contribution in [3.8, 4) is 0 Å². The van der Waals surface area contributed by atoms with E-state index in [-0.39, 0.29) is 29.9 Å². The maximum Gasteiger partial charge on any atom is 0.501 e. The van der Waals surface area contributed by atoms with E-state index in [9.17, 15) is 31.2 Å². The van der Waals surface area contributed by atoms with Crippen molar-refractivity contribution in [1.29, 1.82) is 0 Å². The van der Waals surface area contributed by atoms with Crippen LogP contribution >= 0.6 is 0 Å². The average molecular weight is 460 g/mol. The summed E-state index contributed by atoms with van der Waals surface area (Å²) in [6, 6.07) is 4.92. The highest BCUT2D eigenvalue weighted by Crippen LogP contribution is 2.53. The molecule has 7 nitrogen and oxygen atoms in total. The number of nitrogens with zero attached hydrogens (tertiary/aromatic N) is 1. The molecule has 4 rings (SSSR count). The number of benzene rings is 1. The largest absolute Gasteiger partial charge is 0.501 e. The third kappa shape index (κ3) is 4.37. The number of ether oxygens (including phenoxy) is 1. The first-order valence-electron chi connectivity index (χ1n) is 10.1. The van der Waals surface area contributed by atoms with Gasteiger partial charge in [-0.2, -0.15) is 13.2 Å². The summed E-state index contributed by atoms with van der Waals surface area (Å²) in [7, 11) is -5.35. The summed E-state index contributed by atoms with van der Waals surface area (Å²) in [4.78, 5) is 24.4. The van der Waals surface area contributed by atoms with Gasteiger partial charge in [-0.25, -0.2) is 13.2 Å². The first kappa shape index (κ1) is 21.9. The monoisotopic (exact) mass is 460 g/mol. The molecule has 2 saturated heterocycles. The normalized spacial score (nSPS) is 23.1. The lowest BCUT2D eigenvalue weighted by atomic mass is 9.56. The summed E-state index contributed by atoms with van der Waals surface area (Å²) >= 11 is 0. The molecule has 0 unspecified atom stereocenters. The van der Waals surface area contributed by atoms with Crippen LogP contribution in [0.3, 0.4) is 0 Å². The minimum absolute atomic E-state index is 0.0419. The highest BCUT2D eigenvalue weighted by Gasteiger charge is 2.53. The van der Waals surface area contributed by atoms with Gasteiger partial charge in [0.15, 0.2) is 0 Å². The smallest absolute Gasteiger partial charge is 0.447 e. The molecule has 1 N–H and O–H groups in total. The first-order chi connectivity index (χ1) is 14.5. The van der Waals surface area contributed by atoms with Gasteiger partial charge in [0.1, 0.15) is 6.61 Å². The van der Waals surface area contributed by atoms with Crippen LogP contribution in [0.1, 0.15) is 31.2 Å². The van der Waals surface area contributed by atoms with Crippen LogP contribution in [0.2, 0.25) is 0 Å². The molecule has 1 aliphatic carbocycles. The fourth-order valence-electron chi connectivity index (χ4n) is 4.85. The summed E-state index contributed by atoms with van der Waals surface area (Å²) in [6.07, 6.45) is 2.65. The molecule has 1 aromatic carbocycles. The lowest BCUT2D eigenvalue weighted by molar-refractivity contribution is -0.155. The number of rotatable bonds is 6. The molecule has 1 saturated carbocycles. The maximum atomic E-state index is 12.8. The number of halogens is 3. The standard InChI is InChI=1S/C20H23F3N2O5S/c21-20(22,23)31(28,29)16-3-1-2-13(7-16)6-14-8-19(9-14)11-25(12-19)17(26)5-4-15-10-30-18(27)24-15/h1-3,7,14-15H,4-6,8-12H2,(H,24,27)/t15-/m1/s1. The molecular weight excluding hydrogens is 437 g/mol. The van der Waals surface area contributed by atoms with E-state index in [0.717, 1.165) is 25.0 Å². The van der Waals surface area contributed by atoms with Gasteiger partial charge in [0.2, 0.25) is 5.91 Å². The van der Waals surface area contributed by atoms with Crippen molar-refractivity contribution >= 4 is 21.8 Å². The number of nitrogens with one attached hydrogen (secondary N) is 1. The Balaban J connectivity index is 1.23. The minimum atomic E-state index is -5.35. The van der Waals surface area contributed by atoms with Crippen LogP contribution in [0.25, 0.3) is 0 Å². The Morgan fingerprint density at radius 3 is 2.58 bits per heavy atom. The molecule has 2 heterocycles. The van der Waals surface area contributed by atoms with Crippen LogP contribution in [0.5, 0.6) is 0 Å². The van der Waals surface area contributed by atoms with Gasteiger partial charge >= 0.3 is 11.6 Å². The van der Waals surface area contributed by atoms with Gasteiger partial charge in [-0.15, -0.1) is 0 Å². The highest BCUT2D eigenvalue weighted by molar-refractivity contribution is 7.92. The van der Waals surface area contributed by atoms with Crippen molar-refractivity contribution in [1.82, 2.24) is 10.2 Å². The Bertz CT molecular complexity index is 981. The number of hydrogen-bond acceptors (Lipinski definition) is 5. The number of sulfone groups is 1. The Morgan fingerprint density at radius 1 is 1.26 bits per heavy atom. The Morgan fingerprint density at radius 2 is 1.97 bits per heavy atom. The summed E-state index contributed by atoms with van der Waals surface area (Å²) in [5.41, 5.74) is -4.68. The van der Waals surface area contributed by atoms with Crippen molar-refractivity contribution < 1.29 is 35.9 Å². The number of cyclic esters (lactones) is 1. The molecule has 0 bridgehead atoms. The van der Waals surface area contributed by atoms with Crippen molar-refractivity contribution in [2.45, 2.75) is 48.5 Å². The fraction of sp³-hybridized carbons (Fsp3) is 0.600. The Labute approximate surface area is 177 Å². The molecular formula is C20H23F3N2O5S. The van der Waals surface area contributed by atoms with E-state index in [4.69, 9.17) is 4.74 Å². The molecule has 2 aliphatic heterocycles. The fourth-order valence-corrected chi connectivity index (χ4v) is 5.68. The second-order valence-corrected chi connectivity index (χ2v) is 10.7. The number of hydrogen-bond donors (Lipinski definition) is 1. The third-order valence-corrected chi connectivity index (χ3v) is 7.81. The summed E-state index contributed by atoms with van der Waals surface area (Å²) in [6.45, 7) is 1.61. The maximum absolute atomic E-state index is 12.8. The Kier molecular flexibility index (Phi) is 5.43. The topological polar surface area (TPSA) is 92.8 Å². The molecule has 3 fully saturated rings. The zero-order valence-corrected chi connectivity index (χ0v) is 17.5. The van der Waals surface area contributed by atoms with Crippen molar-refractivity contribution in [2.75, 3.05) is 19.7 Å². The highest BCUT2D eigenvalue weighted by atomic mass is 32.2. The van der Waals surface area contributed by atoms with Crippen LogP contribution < -0.4 is 5.32 Å². The first-order valence-corrected chi connectivity index (χ1v) is 11.6. The molecule has 0 radical (unpaired) electrons. The van der Waals surface area contributed by atoms with E-state index < -0.39 is 26.3 Å². The number of carbonyl (C=O) groups excluding carboxylic acids is 2. The number of alkyl halides is 3. The molecule has 1 atom stereocenters. The average Bonchev–Trinajstić information content (AvgIpc) is 3.05. The van der Waals surface area contributed by atoms with Gasteiger partial charge in [0.05, 0.1) is 10.9 Å². The zero-order chi connectivity index (χ0) is 22.4. The van der Waals surface area contributed by atoms with Crippen LogP contribution in [0, 0.1) is 11.3 Å². The van der Waals surface area contributed by atoms with Gasteiger partial charge in [0.25, 0.3) is 9.84 Å². The van der Waals surface area contributed by atoms with Crippen molar-refractivity contribution in [3.05, 3.63) is 29.8 Å². The van der Waals surface area contributed by atoms with Crippen LogP contribution in [0.4, 0.5) is 18.0 Å². The van der Waals surface area contributed by atoms with Gasteiger partial charge in [-0.1, -0.05) is 12.1 Å². The Hall–Kier alpha value is -2.30. The molecule has 1 aromatic rings. The van der Waals surface area contributed by atoms with E-state index in [1.54, 1.807) is 11.0 Å². The lowest BCUT2D eigenvalue weighted by Crippen LogP contribution is -2.64. The minimum Gasteiger partial charge on any atom is -0.447 e. The summed E-state index contributed by atoms with van der Waals surface area (Å²) < 4.78 is 66.3. The molecule has 170 valence electrons. The molecule has 31 heavy (non-hydrogen) atoms. The van der Waals surface area contributed by atoms with Crippen LogP contribution in [-0.4, -0.2) is 56.6 Å². The van der Waals surface area contributed by atoms with Crippen molar-refractivity contribution in [3.63, 3.8) is 0 Å². The molecule has 11 heteroatoms. The number of alkyl carbamates (subject to hydrolysis) is 1. The predicted octanol–water partition coefficient (Wildman–Crippen LogP) is 2.65. The van der Waals surface area contributed by atoms with Gasteiger partial charge in [0, 0.05) is 24.9 Å². The van der Waals surface area contributed by atoms with Gasteiger partial charge in [-0.3, -0.25) is 4.79 Å². The van der Waals surface area contributed by atoms with Gasteiger partial charge < -0.3 is 15.0 Å². The quantitative estimate of drug-likeness (QED) is 0.705. The third-order valence-electron chi connectivity index (χ3n) is 6.33. The molecule has 3 aliphatic rings. The second kappa shape index (κ2) is 7.68. The van der Waals surface area contributed by atoms with E-state index in [0.29, 0.717) is 37.9 Å². The zero-order valence-electron chi connectivity index (χ0n) is 16.7. The van der Waals surface area contributed by atoms with Gasteiger partial charge in [-0.05, 0) is 49.3 Å². The van der Waals surface area contributed by atoms with E-state index in [2.05, 4.69) is 5.32 Å². The van der Waals surface area contributed by atoms with Crippen LogP contribution in [0.15, 0.2) is 29.2 Å². The SMILES string of the molecule is O=C1N[C@H](CCC(=O)N2CC3(CC(Cc4cccc(S(=O)(=O)C(F)(F)F)c4)C3)C2)CO1. The number of carbonyl (C=O) groups is 2. The summed E-state index contributed by atoms with van der Waals surface area (Å²) in [5.74, 6) is 0.298. The number of likely N-dealkylation sites (tertiary alicyclic amines) is 1. The molecule has 2 amide bonds. The lowest BCUT2D eigenvalue weighted by Gasteiger charge is -2.59. The second-order valence-electron chi connectivity index (χ2n) is 8.80. The summed E-state index contributed by atoms with van der Waals surface area (Å²) in [5, 5.41) is 2.64. The van der Waals surface area contributed by atoms with E-state index >= 15 is 0 Å². The molecule has 0 aromatic heterocycles. The number of amides is 2. The van der Waals surface area contributed by atoms with E-state index in [1.165, 1.54) is 6.07 Å². The van der Waals surface area contributed by atoms with Crippen LogP contribution in [-0.2, 0) is 25.8 Å². The predicted molar refractivity (Wildman–Crippen MR) is 103 cm³/mol. The van der Waals surface area contributed by atoms with Crippen molar-refractivity contribution in [2.24, 2.45) is 11.3 Å². The molecule has 1 spiro atoms. The van der Waals surface area contributed by atoms with E-state index in [1.807, 2.05) is 0 Å².